The molecule has 17 heavy (non-hydrogen) atoms. The third-order valence-corrected chi connectivity index (χ3v) is 5.34. The van der Waals surface area contributed by atoms with E-state index in [1.165, 1.54) is 0 Å². The fraction of sp³-hybridized carbons (Fsp3) is 1.00. The zero-order valence-corrected chi connectivity index (χ0v) is 12.6. The minimum Gasteiger partial charge on any atom is -0.312 e. The first-order valence-electron chi connectivity index (χ1n) is 6.20. The van der Waals surface area contributed by atoms with E-state index in [1.54, 1.807) is 4.31 Å². The predicted molar refractivity (Wildman–Crippen MR) is 74.1 cm³/mol. The lowest BCUT2D eigenvalue weighted by atomic mass is 10.1. The van der Waals surface area contributed by atoms with E-state index in [2.05, 4.69) is 19.2 Å². The Morgan fingerprint density at radius 3 is 2.41 bits per heavy atom. The maximum absolute atomic E-state index is 12.2. The van der Waals surface area contributed by atoms with Gasteiger partial charge in [0, 0.05) is 25.7 Å². The second-order valence-corrected chi connectivity index (χ2v) is 6.69. The molecule has 0 radical (unpaired) electrons. The highest BCUT2D eigenvalue weighted by Crippen LogP contribution is 2.15. The summed E-state index contributed by atoms with van der Waals surface area (Å²) in [5.74, 6) is 0.613. The van der Waals surface area contributed by atoms with Crippen LogP contribution in [0, 0.1) is 5.92 Å². The Labute approximate surface area is 112 Å². The molecule has 1 saturated heterocycles. The standard InChI is InChI=1S/C11H24N2O2S.ClH/c1-4-11(5-2)9-16(14,15)13-7-6-12-10(3)8-13;/h10-12H,4-9H2,1-3H3;1H. The normalized spacial score (nSPS) is 22.5. The number of nitrogens with one attached hydrogen (secondary N) is 1. The van der Waals surface area contributed by atoms with Gasteiger partial charge in [-0.05, 0) is 12.8 Å². The van der Waals surface area contributed by atoms with Crippen LogP contribution < -0.4 is 5.32 Å². The Hall–Kier alpha value is 0.160. The summed E-state index contributed by atoms with van der Waals surface area (Å²) in [4.78, 5) is 0. The zero-order valence-electron chi connectivity index (χ0n) is 11.0. The van der Waals surface area contributed by atoms with Crippen molar-refractivity contribution < 1.29 is 8.42 Å². The van der Waals surface area contributed by atoms with Gasteiger partial charge in [0.2, 0.25) is 10.0 Å². The van der Waals surface area contributed by atoms with Gasteiger partial charge in [-0.2, -0.15) is 4.31 Å². The second-order valence-electron chi connectivity index (χ2n) is 4.67. The van der Waals surface area contributed by atoms with Crippen LogP contribution in [0.4, 0.5) is 0 Å². The number of hydrogen-bond donors (Lipinski definition) is 1. The molecular weight excluding hydrogens is 260 g/mol. The van der Waals surface area contributed by atoms with Gasteiger partial charge in [-0.1, -0.05) is 26.7 Å². The molecule has 0 aromatic heterocycles. The second kappa shape index (κ2) is 7.56. The number of hydrogen-bond acceptors (Lipinski definition) is 3. The van der Waals surface area contributed by atoms with Crippen LogP contribution in [0.15, 0.2) is 0 Å². The third-order valence-electron chi connectivity index (χ3n) is 3.33. The number of sulfonamides is 1. The van der Waals surface area contributed by atoms with E-state index < -0.39 is 10.0 Å². The molecule has 6 heteroatoms. The summed E-state index contributed by atoms with van der Waals surface area (Å²) in [7, 11) is -3.05. The molecule has 4 nitrogen and oxygen atoms in total. The molecular formula is C11H25ClN2O2S. The largest absolute Gasteiger partial charge is 0.312 e. The zero-order chi connectivity index (χ0) is 12.2. The van der Waals surface area contributed by atoms with Gasteiger partial charge in [0.25, 0.3) is 0 Å². The first-order chi connectivity index (χ1) is 7.49. The Bertz CT molecular complexity index is 305. The number of piperazine rings is 1. The maximum Gasteiger partial charge on any atom is 0.214 e. The van der Waals surface area contributed by atoms with Crippen LogP contribution in [0.25, 0.3) is 0 Å². The van der Waals surface area contributed by atoms with E-state index in [4.69, 9.17) is 0 Å². The Morgan fingerprint density at radius 2 is 1.94 bits per heavy atom. The third kappa shape index (κ3) is 5.12. The molecule has 0 amide bonds. The molecule has 0 aromatic carbocycles. The summed E-state index contributed by atoms with van der Waals surface area (Å²) in [6, 6.07) is 0.269. The highest BCUT2D eigenvalue weighted by Gasteiger charge is 2.28. The van der Waals surface area contributed by atoms with Crippen molar-refractivity contribution in [3.05, 3.63) is 0 Å². The van der Waals surface area contributed by atoms with Crippen molar-refractivity contribution >= 4 is 22.4 Å². The average Bonchev–Trinajstić information content (AvgIpc) is 2.26. The first-order valence-corrected chi connectivity index (χ1v) is 7.81. The van der Waals surface area contributed by atoms with Gasteiger partial charge in [-0.3, -0.25) is 0 Å². The van der Waals surface area contributed by atoms with E-state index in [0.29, 0.717) is 24.8 Å². The van der Waals surface area contributed by atoms with Crippen LogP contribution in [-0.4, -0.2) is 44.2 Å². The predicted octanol–water partition coefficient (Wildman–Crippen LogP) is 1.47. The van der Waals surface area contributed by atoms with Crippen LogP contribution in [0.2, 0.25) is 0 Å². The lowest BCUT2D eigenvalue weighted by Gasteiger charge is -2.32. The van der Waals surface area contributed by atoms with Gasteiger partial charge in [0.1, 0.15) is 0 Å². The molecule has 1 aliphatic rings. The highest BCUT2D eigenvalue weighted by atomic mass is 35.5. The number of nitrogens with zero attached hydrogens (tertiary/aromatic N) is 1. The summed E-state index contributed by atoms with van der Waals surface area (Å²) in [5.41, 5.74) is 0. The smallest absolute Gasteiger partial charge is 0.214 e. The number of halogens is 1. The topological polar surface area (TPSA) is 49.4 Å². The minimum atomic E-state index is -3.05. The van der Waals surface area contributed by atoms with Gasteiger partial charge in [-0.25, -0.2) is 8.42 Å². The summed E-state index contributed by atoms with van der Waals surface area (Å²) >= 11 is 0. The summed E-state index contributed by atoms with van der Waals surface area (Å²) in [6.45, 7) is 8.14. The Balaban J connectivity index is 0.00000256. The van der Waals surface area contributed by atoms with E-state index >= 15 is 0 Å². The Kier molecular flexibility index (Phi) is 7.63. The molecule has 0 spiro atoms. The molecule has 0 saturated carbocycles. The molecule has 0 bridgehead atoms. The molecule has 1 N–H and O–H groups in total. The fourth-order valence-corrected chi connectivity index (χ4v) is 4.18. The first kappa shape index (κ1) is 17.2. The highest BCUT2D eigenvalue weighted by molar-refractivity contribution is 7.89. The van der Waals surface area contributed by atoms with Crippen molar-refractivity contribution in [2.75, 3.05) is 25.4 Å². The van der Waals surface area contributed by atoms with Crippen molar-refractivity contribution in [2.24, 2.45) is 5.92 Å². The van der Waals surface area contributed by atoms with Crippen molar-refractivity contribution in [1.29, 1.82) is 0 Å². The average molecular weight is 285 g/mol. The van der Waals surface area contributed by atoms with Crippen LogP contribution in [-0.2, 0) is 10.0 Å². The van der Waals surface area contributed by atoms with Gasteiger partial charge in [0.15, 0.2) is 0 Å². The minimum absolute atomic E-state index is 0. The molecule has 0 aliphatic carbocycles. The van der Waals surface area contributed by atoms with Gasteiger partial charge < -0.3 is 5.32 Å². The van der Waals surface area contributed by atoms with Crippen LogP contribution in [0.5, 0.6) is 0 Å². The van der Waals surface area contributed by atoms with Crippen LogP contribution in [0.1, 0.15) is 33.6 Å². The molecule has 1 unspecified atom stereocenters. The van der Waals surface area contributed by atoms with E-state index in [0.717, 1.165) is 19.4 Å². The molecule has 104 valence electrons. The van der Waals surface area contributed by atoms with Crippen molar-refractivity contribution in [3.8, 4) is 0 Å². The monoisotopic (exact) mass is 284 g/mol. The quantitative estimate of drug-likeness (QED) is 0.832. The SMILES string of the molecule is CCC(CC)CS(=O)(=O)N1CCNC(C)C1.Cl. The molecule has 1 rings (SSSR count). The molecule has 1 atom stereocenters. The van der Waals surface area contributed by atoms with Gasteiger partial charge in [-0.15, -0.1) is 12.4 Å². The maximum atomic E-state index is 12.2. The summed E-state index contributed by atoms with van der Waals surface area (Å²) < 4.78 is 26.0. The van der Waals surface area contributed by atoms with Gasteiger partial charge >= 0.3 is 0 Å². The summed E-state index contributed by atoms with van der Waals surface area (Å²) in [6.07, 6.45) is 1.88. The van der Waals surface area contributed by atoms with Crippen molar-refractivity contribution in [3.63, 3.8) is 0 Å². The molecule has 1 aliphatic heterocycles. The van der Waals surface area contributed by atoms with E-state index in [9.17, 15) is 8.42 Å². The molecule has 1 heterocycles. The van der Waals surface area contributed by atoms with Crippen LogP contribution >= 0.6 is 12.4 Å². The fourth-order valence-electron chi connectivity index (χ4n) is 2.08. The Morgan fingerprint density at radius 1 is 1.35 bits per heavy atom. The van der Waals surface area contributed by atoms with E-state index in [1.807, 2.05) is 6.92 Å². The van der Waals surface area contributed by atoms with Crippen molar-refractivity contribution in [1.82, 2.24) is 9.62 Å². The van der Waals surface area contributed by atoms with Crippen LogP contribution in [0.3, 0.4) is 0 Å². The molecule has 0 aromatic rings. The lowest BCUT2D eigenvalue weighted by Crippen LogP contribution is -2.52. The van der Waals surface area contributed by atoms with Gasteiger partial charge in [0.05, 0.1) is 5.75 Å². The number of rotatable bonds is 5. The molecule has 1 fully saturated rings. The van der Waals surface area contributed by atoms with E-state index in [-0.39, 0.29) is 18.4 Å². The summed E-state index contributed by atoms with van der Waals surface area (Å²) in [5, 5.41) is 3.26. The van der Waals surface area contributed by atoms with Crippen molar-refractivity contribution in [2.45, 2.75) is 39.7 Å². The lowest BCUT2D eigenvalue weighted by molar-refractivity contribution is 0.307.